The standard InChI is InChI=1S/C16H13ClF2N2O2/c17-13-7-20-4-3-11(13)16(23)21-8-10(22)6-15(21)12-5-9(18)1-2-14(12)19/h1-5,7,10,15,22H,6,8H2/t10-,15-/m1/s1. The Morgan fingerprint density at radius 3 is 2.87 bits per heavy atom. The molecule has 0 saturated carbocycles. The van der Waals surface area contributed by atoms with Crippen LogP contribution in [0.15, 0.2) is 36.7 Å². The Kier molecular flexibility index (Phi) is 4.28. The fourth-order valence-corrected chi connectivity index (χ4v) is 3.01. The van der Waals surface area contributed by atoms with Gasteiger partial charge in [-0.1, -0.05) is 11.6 Å². The molecule has 2 atom stereocenters. The summed E-state index contributed by atoms with van der Waals surface area (Å²) in [6, 6.07) is 3.77. The van der Waals surface area contributed by atoms with Crippen molar-refractivity contribution in [3.8, 4) is 0 Å². The molecule has 1 aromatic carbocycles. The Morgan fingerprint density at radius 1 is 1.35 bits per heavy atom. The van der Waals surface area contributed by atoms with Crippen LogP contribution in [0.5, 0.6) is 0 Å². The Hall–Kier alpha value is -2.05. The van der Waals surface area contributed by atoms with Crippen LogP contribution in [0.4, 0.5) is 8.78 Å². The second-order valence-corrected chi connectivity index (χ2v) is 5.79. The molecule has 120 valence electrons. The molecule has 1 aliphatic rings. The van der Waals surface area contributed by atoms with Crippen molar-refractivity contribution in [1.82, 2.24) is 9.88 Å². The number of rotatable bonds is 2. The fourth-order valence-electron chi connectivity index (χ4n) is 2.81. The van der Waals surface area contributed by atoms with Crippen LogP contribution in [-0.4, -0.2) is 33.5 Å². The molecule has 23 heavy (non-hydrogen) atoms. The van der Waals surface area contributed by atoms with Crippen molar-refractivity contribution >= 4 is 17.5 Å². The Bertz CT molecular complexity index is 757. The highest BCUT2D eigenvalue weighted by atomic mass is 35.5. The lowest BCUT2D eigenvalue weighted by Gasteiger charge is -2.25. The first kappa shape index (κ1) is 15.8. The van der Waals surface area contributed by atoms with E-state index in [2.05, 4.69) is 4.98 Å². The Balaban J connectivity index is 1.99. The van der Waals surface area contributed by atoms with Crippen LogP contribution in [0.3, 0.4) is 0 Å². The molecule has 1 aliphatic heterocycles. The molecule has 1 aromatic heterocycles. The molecule has 0 bridgehead atoms. The third-order valence-electron chi connectivity index (χ3n) is 3.86. The predicted octanol–water partition coefficient (Wildman–Crippen LogP) is 2.96. The first-order chi connectivity index (χ1) is 11.0. The van der Waals surface area contributed by atoms with E-state index >= 15 is 0 Å². The summed E-state index contributed by atoms with van der Waals surface area (Å²) in [6.07, 6.45) is 2.07. The van der Waals surface area contributed by atoms with Crippen molar-refractivity contribution in [1.29, 1.82) is 0 Å². The van der Waals surface area contributed by atoms with Gasteiger partial charge in [-0.15, -0.1) is 0 Å². The molecule has 1 saturated heterocycles. The summed E-state index contributed by atoms with van der Waals surface area (Å²) in [5.41, 5.74) is 0.248. The van der Waals surface area contributed by atoms with Crippen molar-refractivity contribution in [3.05, 3.63) is 64.4 Å². The number of halogens is 3. The van der Waals surface area contributed by atoms with E-state index < -0.39 is 29.7 Å². The third-order valence-corrected chi connectivity index (χ3v) is 4.16. The summed E-state index contributed by atoms with van der Waals surface area (Å²) in [5.74, 6) is -1.68. The maximum atomic E-state index is 14.0. The van der Waals surface area contributed by atoms with Gasteiger partial charge in [0.25, 0.3) is 5.91 Å². The number of benzene rings is 1. The van der Waals surface area contributed by atoms with Crippen molar-refractivity contribution in [3.63, 3.8) is 0 Å². The highest BCUT2D eigenvalue weighted by Gasteiger charge is 2.37. The number of aromatic nitrogens is 1. The third kappa shape index (κ3) is 3.04. The van der Waals surface area contributed by atoms with Crippen molar-refractivity contribution in [2.24, 2.45) is 0 Å². The number of likely N-dealkylation sites (tertiary alicyclic amines) is 1. The quantitative estimate of drug-likeness (QED) is 0.916. The molecule has 1 N–H and O–H groups in total. The predicted molar refractivity (Wildman–Crippen MR) is 80.0 cm³/mol. The van der Waals surface area contributed by atoms with E-state index in [-0.39, 0.29) is 29.1 Å². The number of carbonyl (C=O) groups excluding carboxylic acids is 1. The summed E-state index contributed by atoms with van der Waals surface area (Å²) >= 11 is 5.98. The monoisotopic (exact) mass is 338 g/mol. The number of aliphatic hydroxyl groups is 1. The van der Waals surface area contributed by atoms with Gasteiger partial charge >= 0.3 is 0 Å². The van der Waals surface area contributed by atoms with E-state index in [0.717, 1.165) is 18.2 Å². The van der Waals surface area contributed by atoms with E-state index in [9.17, 15) is 18.7 Å². The SMILES string of the molecule is O=C(c1ccncc1Cl)N1C[C@H](O)C[C@@H]1c1cc(F)ccc1F. The summed E-state index contributed by atoms with van der Waals surface area (Å²) < 4.78 is 27.5. The van der Waals surface area contributed by atoms with Crippen LogP contribution in [-0.2, 0) is 0 Å². The molecule has 1 fully saturated rings. The van der Waals surface area contributed by atoms with Crippen LogP contribution in [0.2, 0.25) is 5.02 Å². The number of nitrogens with zero attached hydrogens (tertiary/aromatic N) is 2. The zero-order valence-electron chi connectivity index (χ0n) is 11.9. The summed E-state index contributed by atoms with van der Waals surface area (Å²) in [7, 11) is 0. The molecule has 0 aliphatic carbocycles. The van der Waals surface area contributed by atoms with Crippen LogP contribution >= 0.6 is 11.6 Å². The number of amides is 1. The summed E-state index contributed by atoms with van der Waals surface area (Å²) in [4.78, 5) is 17.8. The molecular formula is C16H13ClF2N2O2. The lowest BCUT2D eigenvalue weighted by atomic mass is 10.0. The molecule has 1 amide bonds. The van der Waals surface area contributed by atoms with Gasteiger partial charge < -0.3 is 10.0 Å². The molecule has 4 nitrogen and oxygen atoms in total. The molecule has 7 heteroatoms. The molecule has 0 unspecified atom stereocenters. The van der Waals surface area contributed by atoms with Crippen LogP contribution in [0.1, 0.15) is 28.4 Å². The van der Waals surface area contributed by atoms with E-state index in [1.165, 1.54) is 23.4 Å². The largest absolute Gasteiger partial charge is 0.391 e. The average Bonchev–Trinajstić information content (AvgIpc) is 2.91. The minimum Gasteiger partial charge on any atom is -0.391 e. The smallest absolute Gasteiger partial charge is 0.256 e. The van der Waals surface area contributed by atoms with E-state index in [4.69, 9.17) is 11.6 Å². The van der Waals surface area contributed by atoms with Crippen LogP contribution in [0.25, 0.3) is 0 Å². The first-order valence-electron chi connectivity index (χ1n) is 7.01. The minimum atomic E-state index is -0.813. The van der Waals surface area contributed by atoms with Gasteiger partial charge in [-0.05, 0) is 30.7 Å². The Morgan fingerprint density at radius 2 is 2.13 bits per heavy atom. The van der Waals surface area contributed by atoms with Gasteiger partial charge in [0.1, 0.15) is 11.6 Å². The molecular weight excluding hydrogens is 326 g/mol. The highest BCUT2D eigenvalue weighted by molar-refractivity contribution is 6.33. The number of pyridine rings is 1. The maximum Gasteiger partial charge on any atom is 0.256 e. The molecule has 3 rings (SSSR count). The van der Waals surface area contributed by atoms with Gasteiger partial charge in [0, 0.05) is 24.5 Å². The first-order valence-corrected chi connectivity index (χ1v) is 7.38. The van der Waals surface area contributed by atoms with Crippen molar-refractivity contribution in [2.45, 2.75) is 18.6 Å². The van der Waals surface area contributed by atoms with Crippen molar-refractivity contribution < 1.29 is 18.7 Å². The Labute approximate surface area is 136 Å². The maximum absolute atomic E-state index is 14.0. The molecule has 0 spiro atoms. The molecule has 0 radical (unpaired) electrons. The summed E-state index contributed by atoms with van der Waals surface area (Å²) in [5, 5.41) is 10.1. The normalized spacial score (nSPS) is 20.8. The molecule has 2 heterocycles. The number of aliphatic hydroxyl groups excluding tert-OH is 1. The van der Waals surface area contributed by atoms with E-state index in [0.29, 0.717) is 0 Å². The summed E-state index contributed by atoms with van der Waals surface area (Å²) in [6.45, 7) is 0.0259. The van der Waals surface area contributed by atoms with E-state index in [1.54, 1.807) is 0 Å². The number of β-amino-alcohol motifs (C(OH)–C–C–N with tert-alkyl or cyclic N) is 1. The lowest BCUT2D eigenvalue weighted by Crippen LogP contribution is -2.32. The highest BCUT2D eigenvalue weighted by Crippen LogP contribution is 2.35. The van der Waals surface area contributed by atoms with Gasteiger partial charge in [-0.3, -0.25) is 9.78 Å². The van der Waals surface area contributed by atoms with Gasteiger partial charge in [-0.25, -0.2) is 8.78 Å². The average molecular weight is 339 g/mol. The van der Waals surface area contributed by atoms with Crippen LogP contribution in [0, 0.1) is 11.6 Å². The van der Waals surface area contributed by atoms with Crippen molar-refractivity contribution in [2.75, 3.05) is 6.54 Å². The second-order valence-electron chi connectivity index (χ2n) is 5.38. The van der Waals surface area contributed by atoms with Gasteiger partial charge in [0.15, 0.2) is 0 Å². The van der Waals surface area contributed by atoms with E-state index in [1.807, 2.05) is 0 Å². The van der Waals surface area contributed by atoms with Gasteiger partial charge in [0.05, 0.1) is 22.7 Å². The molecule has 2 aromatic rings. The topological polar surface area (TPSA) is 53.4 Å². The lowest BCUT2D eigenvalue weighted by molar-refractivity contribution is 0.0714. The minimum absolute atomic E-state index is 0.0259. The van der Waals surface area contributed by atoms with Gasteiger partial charge in [-0.2, -0.15) is 0 Å². The van der Waals surface area contributed by atoms with Crippen LogP contribution < -0.4 is 0 Å². The fraction of sp³-hybridized carbons (Fsp3) is 0.250. The number of hydrogen-bond donors (Lipinski definition) is 1. The number of carbonyl (C=O) groups is 1. The zero-order valence-corrected chi connectivity index (χ0v) is 12.7. The zero-order chi connectivity index (χ0) is 16.6. The number of hydrogen-bond acceptors (Lipinski definition) is 3. The second kappa shape index (κ2) is 6.22. The van der Waals surface area contributed by atoms with Gasteiger partial charge in [0.2, 0.25) is 0 Å².